The van der Waals surface area contributed by atoms with Gasteiger partial charge in [0.2, 0.25) is 5.91 Å². The number of carbonyl (C=O) groups is 1. The number of amides is 1. The van der Waals surface area contributed by atoms with Crippen molar-refractivity contribution in [3.05, 3.63) is 23.8 Å². The van der Waals surface area contributed by atoms with E-state index in [1.807, 2.05) is 45.9 Å². The van der Waals surface area contributed by atoms with Crippen LogP contribution in [0.3, 0.4) is 0 Å². The number of halogens is 1. The van der Waals surface area contributed by atoms with Crippen molar-refractivity contribution in [3.63, 3.8) is 0 Å². The van der Waals surface area contributed by atoms with Crippen molar-refractivity contribution in [2.24, 2.45) is 11.7 Å². The van der Waals surface area contributed by atoms with Crippen LogP contribution in [-0.2, 0) is 4.79 Å². The summed E-state index contributed by atoms with van der Waals surface area (Å²) < 4.78 is 5.39. The minimum atomic E-state index is -0.490. The summed E-state index contributed by atoms with van der Waals surface area (Å²) in [6, 6.07) is 5.09. The van der Waals surface area contributed by atoms with Gasteiger partial charge in [-0.1, -0.05) is 13.8 Å². The van der Waals surface area contributed by atoms with Crippen LogP contribution in [0.1, 0.15) is 26.3 Å². The Morgan fingerprint density at radius 1 is 1.42 bits per heavy atom. The van der Waals surface area contributed by atoms with E-state index in [0.29, 0.717) is 6.61 Å². The number of benzene rings is 1. The van der Waals surface area contributed by atoms with Gasteiger partial charge in [0.15, 0.2) is 0 Å². The Morgan fingerprint density at radius 2 is 2.05 bits per heavy atom. The predicted molar refractivity (Wildman–Crippen MR) is 81.0 cm³/mol. The topological polar surface area (TPSA) is 64.3 Å². The van der Waals surface area contributed by atoms with Crippen molar-refractivity contribution < 1.29 is 9.53 Å². The molecule has 0 aliphatic carbocycles. The standard InChI is InChI=1S/C14H22N2O2.ClH/c1-5-18-11-6-7-12(10(4)8-11)16-14(17)13(15)9(2)3;/h6-9,13H,5,15H2,1-4H3,(H,16,17);1H/t13-;/m1./s1. The second kappa shape index (κ2) is 8.02. The quantitative estimate of drug-likeness (QED) is 0.875. The summed E-state index contributed by atoms with van der Waals surface area (Å²) in [5.74, 6) is 0.770. The summed E-state index contributed by atoms with van der Waals surface area (Å²) in [6.07, 6.45) is 0. The maximum atomic E-state index is 11.8. The summed E-state index contributed by atoms with van der Waals surface area (Å²) in [7, 11) is 0. The van der Waals surface area contributed by atoms with Crippen LogP contribution in [0.15, 0.2) is 18.2 Å². The van der Waals surface area contributed by atoms with Gasteiger partial charge in [0.1, 0.15) is 5.75 Å². The lowest BCUT2D eigenvalue weighted by Crippen LogP contribution is -2.39. The fourth-order valence-electron chi connectivity index (χ4n) is 1.55. The number of hydrogen-bond donors (Lipinski definition) is 2. The molecule has 0 unspecified atom stereocenters. The van der Waals surface area contributed by atoms with E-state index in [2.05, 4.69) is 5.32 Å². The average Bonchev–Trinajstić information content (AvgIpc) is 2.31. The molecule has 19 heavy (non-hydrogen) atoms. The third-order valence-corrected chi connectivity index (χ3v) is 2.79. The normalized spacial score (nSPS) is 11.7. The van der Waals surface area contributed by atoms with Gasteiger partial charge in [-0.3, -0.25) is 4.79 Å². The van der Waals surface area contributed by atoms with Gasteiger partial charge in [-0.2, -0.15) is 0 Å². The molecule has 0 radical (unpaired) electrons. The van der Waals surface area contributed by atoms with E-state index in [1.165, 1.54) is 0 Å². The van der Waals surface area contributed by atoms with E-state index in [9.17, 15) is 4.79 Å². The first-order chi connectivity index (χ1) is 8.45. The third-order valence-electron chi connectivity index (χ3n) is 2.79. The first-order valence-corrected chi connectivity index (χ1v) is 6.25. The van der Waals surface area contributed by atoms with E-state index in [0.717, 1.165) is 17.0 Å². The van der Waals surface area contributed by atoms with Crippen molar-refractivity contribution >= 4 is 24.0 Å². The molecule has 0 fully saturated rings. The lowest BCUT2D eigenvalue weighted by Gasteiger charge is -2.16. The number of carbonyl (C=O) groups excluding carboxylic acids is 1. The first kappa shape index (κ1) is 17.7. The molecular formula is C14H23ClN2O2. The molecule has 0 bridgehead atoms. The van der Waals surface area contributed by atoms with Crippen LogP contribution < -0.4 is 15.8 Å². The van der Waals surface area contributed by atoms with Gasteiger partial charge in [-0.05, 0) is 43.5 Å². The van der Waals surface area contributed by atoms with Crippen LogP contribution in [0.4, 0.5) is 5.69 Å². The van der Waals surface area contributed by atoms with E-state index in [1.54, 1.807) is 0 Å². The van der Waals surface area contributed by atoms with Crippen LogP contribution in [0.2, 0.25) is 0 Å². The summed E-state index contributed by atoms with van der Waals surface area (Å²) in [6.45, 7) is 8.35. The van der Waals surface area contributed by atoms with Gasteiger partial charge in [-0.15, -0.1) is 12.4 Å². The van der Waals surface area contributed by atoms with Crippen LogP contribution in [0.25, 0.3) is 0 Å². The smallest absolute Gasteiger partial charge is 0.241 e. The highest BCUT2D eigenvalue weighted by Crippen LogP contribution is 2.21. The lowest BCUT2D eigenvalue weighted by molar-refractivity contribution is -0.118. The molecule has 0 saturated heterocycles. The number of nitrogens with one attached hydrogen (secondary N) is 1. The molecule has 5 heteroatoms. The van der Waals surface area contributed by atoms with Crippen molar-refractivity contribution in [1.29, 1.82) is 0 Å². The van der Waals surface area contributed by atoms with Gasteiger partial charge in [0.25, 0.3) is 0 Å². The minimum absolute atomic E-state index is 0. The molecule has 0 saturated carbocycles. The Kier molecular flexibility index (Phi) is 7.49. The van der Waals surface area contributed by atoms with E-state index in [4.69, 9.17) is 10.5 Å². The highest BCUT2D eigenvalue weighted by atomic mass is 35.5. The molecule has 1 aromatic rings. The fraction of sp³-hybridized carbons (Fsp3) is 0.500. The van der Waals surface area contributed by atoms with E-state index in [-0.39, 0.29) is 24.2 Å². The minimum Gasteiger partial charge on any atom is -0.494 e. The Balaban J connectivity index is 0.00000324. The molecule has 0 heterocycles. The third kappa shape index (κ3) is 5.09. The van der Waals surface area contributed by atoms with Crippen molar-refractivity contribution in [3.8, 4) is 5.75 Å². The summed E-state index contributed by atoms with van der Waals surface area (Å²) >= 11 is 0. The number of ether oxygens (including phenoxy) is 1. The van der Waals surface area contributed by atoms with Crippen LogP contribution in [0, 0.1) is 12.8 Å². The molecule has 108 valence electrons. The average molecular weight is 287 g/mol. The monoisotopic (exact) mass is 286 g/mol. The molecule has 1 rings (SSSR count). The number of aryl methyl sites for hydroxylation is 1. The molecule has 0 spiro atoms. The van der Waals surface area contributed by atoms with E-state index < -0.39 is 6.04 Å². The molecule has 3 N–H and O–H groups in total. The molecule has 1 amide bonds. The van der Waals surface area contributed by atoms with Crippen molar-refractivity contribution in [2.75, 3.05) is 11.9 Å². The van der Waals surface area contributed by atoms with E-state index >= 15 is 0 Å². The Morgan fingerprint density at radius 3 is 2.53 bits per heavy atom. The van der Waals surface area contributed by atoms with Crippen LogP contribution >= 0.6 is 12.4 Å². The van der Waals surface area contributed by atoms with Gasteiger partial charge >= 0.3 is 0 Å². The molecule has 1 aromatic carbocycles. The predicted octanol–water partition coefficient (Wildman–Crippen LogP) is 2.74. The zero-order valence-electron chi connectivity index (χ0n) is 11.9. The Hall–Kier alpha value is -1.26. The van der Waals surface area contributed by atoms with Gasteiger partial charge in [0, 0.05) is 5.69 Å². The molecule has 4 nitrogen and oxygen atoms in total. The van der Waals surface area contributed by atoms with Crippen LogP contribution in [0.5, 0.6) is 5.75 Å². The highest BCUT2D eigenvalue weighted by Gasteiger charge is 2.17. The zero-order valence-corrected chi connectivity index (χ0v) is 12.7. The molecule has 1 atom stereocenters. The number of anilines is 1. The van der Waals surface area contributed by atoms with Crippen LogP contribution in [-0.4, -0.2) is 18.6 Å². The second-order valence-electron chi connectivity index (χ2n) is 4.67. The largest absolute Gasteiger partial charge is 0.494 e. The Labute approximate surface area is 121 Å². The fourth-order valence-corrected chi connectivity index (χ4v) is 1.55. The van der Waals surface area contributed by atoms with Gasteiger partial charge in [-0.25, -0.2) is 0 Å². The molecule has 0 aliphatic heterocycles. The molecule has 0 aromatic heterocycles. The number of hydrogen-bond acceptors (Lipinski definition) is 3. The second-order valence-corrected chi connectivity index (χ2v) is 4.67. The summed E-state index contributed by atoms with van der Waals surface area (Å²) in [4.78, 5) is 11.8. The van der Waals surface area contributed by atoms with Crippen molar-refractivity contribution in [1.82, 2.24) is 0 Å². The number of nitrogens with two attached hydrogens (primary N) is 1. The van der Waals surface area contributed by atoms with Crippen molar-refractivity contribution in [2.45, 2.75) is 33.7 Å². The van der Waals surface area contributed by atoms with Gasteiger partial charge in [0.05, 0.1) is 12.6 Å². The Bertz CT molecular complexity index is 422. The maximum Gasteiger partial charge on any atom is 0.241 e. The lowest BCUT2D eigenvalue weighted by atomic mass is 10.0. The zero-order chi connectivity index (χ0) is 13.7. The summed E-state index contributed by atoms with van der Waals surface area (Å²) in [5.41, 5.74) is 7.54. The SMILES string of the molecule is CCOc1ccc(NC(=O)[C@H](N)C(C)C)c(C)c1.Cl. The molecular weight excluding hydrogens is 264 g/mol. The molecule has 0 aliphatic rings. The number of rotatable bonds is 5. The first-order valence-electron chi connectivity index (χ1n) is 6.25. The van der Waals surface area contributed by atoms with Gasteiger partial charge < -0.3 is 15.8 Å². The maximum absolute atomic E-state index is 11.8. The highest BCUT2D eigenvalue weighted by molar-refractivity contribution is 5.95. The summed E-state index contributed by atoms with van der Waals surface area (Å²) in [5, 5.41) is 2.84.